The van der Waals surface area contributed by atoms with Crippen LogP contribution < -0.4 is 15.8 Å². The van der Waals surface area contributed by atoms with E-state index < -0.39 is 0 Å². The molecule has 1 aliphatic carbocycles. The number of nitrogen functional groups attached to an aromatic ring is 1. The van der Waals surface area contributed by atoms with E-state index in [4.69, 9.17) is 10.5 Å². The maximum Gasteiger partial charge on any atom is 0.144 e. The molecule has 3 heteroatoms. The van der Waals surface area contributed by atoms with Crippen molar-refractivity contribution >= 4 is 11.4 Å². The number of nitrogens with two attached hydrogens (primary N) is 1. The second-order valence-corrected chi connectivity index (χ2v) is 6.25. The molecule has 0 amide bonds. The molecule has 3 nitrogen and oxygen atoms in total. The third kappa shape index (κ3) is 3.55. The molecular formula is C16H26N2O. The number of para-hydroxylation sites is 1. The molecule has 2 rings (SSSR count). The van der Waals surface area contributed by atoms with Gasteiger partial charge in [0.25, 0.3) is 0 Å². The maximum absolute atomic E-state index is 6.17. The summed E-state index contributed by atoms with van der Waals surface area (Å²) in [6, 6.07) is 6.48. The van der Waals surface area contributed by atoms with Crippen molar-refractivity contribution in [2.45, 2.75) is 52.5 Å². The minimum atomic E-state index is 0.433. The van der Waals surface area contributed by atoms with Crippen LogP contribution in [0.4, 0.5) is 11.4 Å². The summed E-state index contributed by atoms with van der Waals surface area (Å²) in [7, 11) is 0. The first-order valence-electron chi connectivity index (χ1n) is 7.29. The Hall–Kier alpha value is -1.38. The fourth-order valence-electron chi connectivity index (χ4n) is 2.99. The van der Waals surface area contributed by atoms with Gasteiger partial charge in [0, 0.05) is 6.04 Å². The molecular weight excluding hydrogens is 236 g/mol. The molecule has 0 spiro atoms. The fourth-order valence-corrected chi connectivity index (χ4v) is 2.99. The van der Waals surface area contributed by atoms with Gasteiger partial charge in [-0.15, -0.1) is 0 Å². The largest absolute Gasteiger partial charge is 0.492 e. The van der Waals surface area contributed by atoms with E-state index >= 15 is 0 Å². The zero-order chi connectivity index (χ0) is 13.9. The third-order valence-electron chi connectivity index (χ3n) is 3.93. The van der Waals surface area contributed by atoms with Crippen LogP contribution in [0, 0.1) is 5.41 Å². The molecule has 0 aliphatic heterocycles. The Kier molecular flexibility index (Phi) is 4.23. The lowest BCUT2D eigenvalue weighted by Gasteiger charge is -2.36. The number of nitrogens with one attached hydrogen (secondary N) is 1. The minimum absolute atomic E-state index is 0.433. The van der Waals surface area contributed by atoms with Gasteiger partial charge in [-0.3, -0.25) is 0 Å². The van der Waals surface area contributed by atoms with Crippen molar-refractivity contribution in [3.05, 3.63) is 18.2 Å². The van der Waals surface area contributed by atoms with Crippen molar-refractivity contribution in [2.75, 3.05) is 17.7 Å². The molecule has 1 atom stereocenters. The molecule has 19 heavy (non-hydrogen) atoms. The number of ether oxygens (including phenoxy) is 1. The van der Waals surface area contributed by atoms with Crippen molar-refractivity contribution in [3.8, 4) is 5.75 Å². The molecule has 0 radical (unpaired) electrons. The second kappa shape index (κ2) is 5.72. The SMILES string of the molecule is CCOc1cccc(NC2CCCC(C)(C)C2)c1N. The molecule has 1 fully saturated rings. The standard InChI is InChI=1S/C16H26N2O/c1-4-19-14-9-5-8-13(15(14)17)18-12-7-6-10-16(2,3)11-12/h5,8-9,12,18H,4,6-7,10-11,17H2,1-3H3. The van der Waals surface area contributed by atoms with E-state index in [1.54, 1.807) is 0 Å². The van der Waals surface area contributed by atoms with Gasteiger partial charge in [-0.25, -0.2) is 0 Å². The predicted octanol–water partition coefficient (Wildman–Crippen LogP) is 4.05. The lowest BCUT2D eigenvalue weighted by molar-refractivity contribution is 0.229. The summed E-state index contributed by atoms with van der Waals surface area (Å²) >= 11 is 0. The summed E-state index contributed by atoms with van der Waals surface area (Å²) in [4.78, 5) is 0. The Balaban J connectivity index is 2.08. The van der Waals surface area contributed by atoms with Gasteiger partial charge in [-0.2, -0.15) is 0 Å². The normalized spacial score (nSPS) is 21.9. The monoisotopic (exact) mass is 262 g/mol. The highest BCUT2D eigenvalue weighted by Gasteiger charge is 2.28. The molecule has 1 unspecified atom stereocenters. The van der Waals surface area contributed by atoms with Crippen LogP contribution in [-0.2, 0) is 0 Å². The maximum atomic E-state index is 6.17. The first kappa shape index (κ1) is 14.0. The second-order valence-electron chi connectivity index (χ2n) is 6.25. The van der Waals surface area contributed by atoms with Crippen molar-refractivity contribution in [2.24, 2.45) is 5.41 Å². The van der Waals surface area contributed by atoms with Gasteiger partial charge < -0.3 is 15.8 Å². The van der Waals surface area contributed by atoms with Crippen molar-refractivity contribution in [1.82, 2.24) is 0 Å². The summed E-state index contributed by atoms with van der Waals surface area (Å²) in [5.74, 6) is 0.780. The van der Waals surface area contributed by atoms with Gasteiger partial charge >= 0.3 is 0 Å². The highest BCUT2D eigenvalue weighted by Crippen LogP contribution is 2.38. The van der Waals surface area contributed by atoms with Crippen LogP contribution in [-0.4, -0.2) is 12.6 Å². The number of hydrogen-bond acceptors (Lipinski definition) is 3. The lowest BCUT2D eigenvalue weighted by atomic mass is 9.75. The number of benzene rings is 1. The Morgan fingerprint density at radius 3 is 2.89 bits per heavy atom. The molecule has 0 bridgehead atoms. The summed E-state index contributed by atoms with van der Waals surface area (Å²) in [6.07, 6.45) is 5.03. The Morgan fingerprint density at radius 2 is 2.21 bits per heavy atom. The Morgan fingerprint density at radius 1 is 1.42 bits per heavy atom. The first-order chi connectivity index (χ1) is 9.02. The Labute approximate surface area is 116 Å². The lowest BCUT2D eigenvalue weighted by Crippen LogP contribution is -2.32. The Bertz CT molecular complexity index is 429. The number of rotatable bonds is 4. The van der Waals surface area contributed by atoms with E-state index in [0.29, 0.717) is 18.1 Å². The van der Waals surface area contributed by atoms with E-state index in [9.17, 15) is 0 Å². The van der Waals surface area contributed by atoms with Gasteiger partial charge in [-0.1, -0.05) is 26.3 Å². The molecule has 106 valence electrons. The van der Waals surface area contributed by atoms with E-state index in [1.165, 1.54) is 25.7 Å². The number of anilines is 2. The van der Waals surface area contributed by atoms with E-state index in [1.807, 2.05) is 25.1 Å². The van der Waals surface area contributed by atoms with Crippen LogP contribution in [0.15, 0.2) is 18.2 Å². The zero-order valence-corrected chi connectivity index (χ0v) is 12.3. The molecule has 0 aromatic heterocycles. The summed E-state index contributed by atoms with van der Waals surface area (Å²) in [5, 5.41) is 3.60. The highest BCUT2D eigenvalue weighted by molar-refractivity contribution is 5.73. The molecule has 1 aliphatic rings. The van der Waals surface area contributed by atoms with Crippen LogP contribution >= 0.6 is 0 Å². The fraction of sp³-hybridized carbons (Fsp3) is 0.625. The molecule has 3 N–H and O–H groups in total. The van der Waals surface area contributed by atoms with Gasteiger partial charge in [0.15, 0.2) is 0 Å². The van der Waals surface area contributed by atoms with Crippen molar-refractivity contribution in [1.29, 1.82) is 0 Å². The van der Waals surface area contributed by atoms with Crippen LogP contribution in [0.2, 0.25) is 0 Å². The smallest absolute Gasteiger partial charge is 0.144 e. The van der Waals surface area contributed by atoms with Gasteiger partial charge in [-0.05, 0) is 43.7 Å². The van der Waals surface area contributed by atoms with E-state index in [0.717, 1.165) is 17.1 Å². The summed E-state index contributed by atoms with van der Waals surface area (Å²) < 4.78 is 5.54. The molecule has 1 saturated carbocycles. The van der Waals surface area contributed by atoms with E-state index in [-0.39, 0.29) is 0 Å². The summed E-state index contributed by atoms with van der Waals surface area (Å²) in [5.41, 5.74) is 8.34. The molecule has 1 aromatic rings. The average molecular weight is 262 g/mol. The molecule has 0 heterocycles. The average Bonchev–Trinajstić information content (AvgIpc) is 2.33. The first-order valence-corrected chi connectivity index (χ1v) is 7.29. The minimum Gasteiger partial charge on any atom is -0.492 e. The topological polar surface area (TPSA) is 47.3 Å². The highest BCUT2D eigenvalue weighted by atomic mass is 16.5. The van der Waals surface area contributed by atoms with Crippen molar-refractivity contribution in [3.63, 3.8) is 0 Å². The van der Waals surface area contributed by atoms with Gasteiger partial charge in [0.2, 0.25) is 0 Å². The number of hydrogen-bond donors (Lipinski definition) is 2. The third-order valence-corrected chi connectivity index (χ3v) is 3.93. The van der Waals surface area contributed by atoms with Crippen LogP contribution in [0.25, 0.3) is 0 Å². The van der Waals surface area contributed by atoms with Gasteiger partial charge in [0.1, 0.15) is 5.75 Å². The molecule has 0 saturated heterocycles. The van der Waals surface area contributed by atoms with Crippen LogP contribution in [0.5, 0.6) is 5.75 Å². The van der Waals surface area contributed by atoms with Crippen LogP contribution in [0.3, 0.4) is 0 Å². The van der Waals surface area contributed by atoms with E-state index in [2.05, 4.69) is 19.2 Å². The van der Waals surface area contributed by atoms with Crippen LogP contribution in [0.1, 0.15) is 46.5 Å². The predicted molar refractivity (Wildman–Crippen MR) is 81.7 cm³/mol. The van der Waals surface area contributed by atoms with Crippen molar-refractivity contribution < 1.29 is 4.74 Å². The van der Waals surface area contributed by atoms with Gasteiger partial charge in [0.05, 0.1) is 18.0 Å². The molecule has 1 aromatic carbocycles. The summed E-state index contributed by atoms with van der Waals surface area (Å²) in [6.45, 7) is 7.31. The quantitative estimate of drug-likeness (QED) is 0.805. The zero-order valence-electron chi connectivity index (χ0n) is 12.3.